The van der Waals surface area contributed by atoms with Gasteiger partial charge in [0.25, 0.3) is 0 Å². The second kappa shape index (κ2) is 3.36. The van der Waals surface area contributed by atoms with E-state index in [1.165, 1.54) is 0 Å². The molecule has 0 aromatic carbocycles. The van der Waals surface area contributed by atoms with Crippen LogP contribution in [0, 0.1) is 17.3 Å². The highest BCUT2D eigenvalue weighted by Gasteiger charge is 2.66. The van der Waals surface area contributed by atoms with Gasteiger partial charge in [-0.2, -0.15) is 0 Å². The van der Waals surface area contributed by atoms with Crippen LogP contribution in [0.4, 0.5) is 4.79 Å². The summed E-state index contributed by atoms with van der Waals surface area (Å²) in [6.45, 7) is 9.46. The number of nitrogens with zero attached hydrogens (tertiary/aromatic N) is 1. The van der Waals surface area contributed by atoms with E-state index in [1.54, 1.807) is 4.90 Å². The molecule has 2 rings (SSSR count). The lowest BCUT2D eigenvalue weighted by molar-refractivity contribution is 0.0244. The maximum atomic E-state index is 11.8. The Kier molecular flexibility index (Phi) is 2.46. The molecule has 1 heterocycles. The number of aliphatic hydroxyl groups is 1. The first-order valence-electron chi connectivity index (χ1n) is 5.87. The van der Waals surface area contributed by atoms with Crippen LogP contribution >= 0.6 is 0 Å². The van der Waals surface area contributed by atoms with Crippen LogP contribution in [-0.2, 0) is 4.74 Å². The minimum Gasteiger partial charge on any atom is -0.444 e. The third-order valence-electron chi connectivity index (χ3n) is 3.87. The standard InChI is InChI=1S/C12H21NO3/c1-11(2,3)16-10(15)13-5-8-9(6-14)12(8,4)7-13/h8-9,14H,5-7H2,1-4H3/t8-,9+,12-/m1/s1. The molecule has 0 aromatic heterocycles. The lowest BCUT2D eigenvalue weighted by atomic mass is 10.1. The summed E-state index contributed by atoms with van der Waals surface area (Å²) in [5, 5.41) is 9.15. The van der Waals surface area contributed by atoms with Gasteiger partial charge in [0, 0.05) is 19.7 Å². The van der Waals surface area contributed by atoms with Crippen molar-refractivity contribution in [2.24, 2.45) is 17.3 Å². The van der Waals surface area contributed by atoms with Crippen molar-refractivity contribution in [1.82, 2.24) is 4.90 Å². The molecule has 0 radical (unpaired) electrons. The number of hydrogen-bond acceptors (Lipinski definition) is 3. The van der Waals surface area contributed by atoms with Gasteiger partial charge in [0.2, 0.25) is 0 Å². The molecular formula is C12H21NO3. The Labute approximate surface area is 96.6 Å². The van der Waals surface area contributed by atoms with Gasteiger partial charge in [-0.1, -0.05) is 6.92 Å². The second-order valence-corrected chi connectivity index (χ2v) is 6.26. The van der Waals surface area contributed by atoms with Gasteiger partial charge in [-0.15, -0.1) is 0 Å². The van der Waals surface area contributed by atoms with Crippen LogP contribution in [0.25, 0.3) is 0 Å². The summed E-state index contributed by atoms with van der Waals surface area (Å²) >= 11 is 0. The van der Waals surface area contributed by atoms with Crippen LogP contribution in [0.5, 0.6) is 0 Å². The lowest BCUT2D eigenvalue weighted by Gasteiger charge is -2.26. The molecule has 4 heteroatoms. The third kappa shape index (κ3) is 1.79. The third-order valence-corrected chi connectivity index (χ3v) is 3.87. The van der Waals surface area contributed by atoms with Crippen LogP contribution < -0.4 is 0 Å². The number of carbonyl (C=O) groups is 1. The quantitative estimate of drug-likeness (QED) is 0.738. The monoisotopic (exact) mass is 227 g/mol. The zero-order valence-electron chi connectivity index (χ0n) is 10.5. The summed E-state index contributed by atoms with van der Waals surface area (Å²) in [6.07, 6.45) is -0.224. The van der Waals surface area contributed by atoms with E-state index in [9.17, 15) is 4.79 Å². The number of piperidine rings is 1. The fourth-order valence-electron chi connectivity index (χ4n) is 2.85. The molecule has 1 saturated carbocycles. The smallest absolute Gasteiger partial charge is 0.410 e. The van der Waals surface area contributed by atoms with Crippen molar-refractivity contribution in [2.75, 3.05) is 19.7 Å². The van der Waals surface area contributed by atoms with Crippen molar-refractivity contribution in [3.8, 4) is 0 Å². The van der Waals surface area contributed by atoms with E-state index in [0.717, 1.165) is 13.1 Å². The van der Waals surface area contributed by atoms with E-state index in [2.05, 4.69) is 6.92 Å². The van der Waals surface area contributed by atoms with Crippen molar-refractivity contribution in [2.45, 2.75) is 33.3 Å². The van der Waals surface area contributed by atoms with E-state index < -0.39 is 5.60 Å². The van der Waals surface area contributed by atoms with Gasteiger partial charge >= 0.3 is 6.09 Å². The zero-order chi connectivity index (χ0) is 12.1. The number of hydrogen-bond donors (Lipinski definition) is 1. The minimum atomic E-state index is -0.429. The molecule has 4 nitrogen and oxygen atoms in total. The van der Waals surface area contributed by atoms with Crippen LogP contribution in [0.3, 0.4) is 0 Å². The Balaban J connectivity index is 1.90. The molecule has 1 aliphatic heterocycles. The highest BCUT2D eigenvalue weighted by molar-refractivity contribution is 5.69. The van der Waals surface area contributed by atoms with Crippen LogP contribution in [-0.4, -0.2) is 41.4 Å². The van der Waals surface area contributed by atoms with Crippen molar-refractivity contribution < 1.29 is 14.6 Å². The van der Waals surface area contributed by atoms with E-state index in [1.807, 2.05) is 20.8 Å². The molecule has 3 atom stereocenters. The number of likely N-dealkylation sites (tertiary alicyclic amines) is 1. The Morgan fingerprint density at radius 2 is 2.19 bits per heavy atom. The van der Waals surface area contributed by atoms with Crippen molar-refractivity contribution >= 4 is 6.09 Å². The fourth-order valence-corrected chi connectivity index (χ4v) is 2.85. The first-order chi connectivity index (χ1) is 7.28. The van der Waals surface area contributed by atoms with E-state index in [0.29, 0.717) is 11.8 Å². The number of carbonyl (C=O) groups excluding carboxylic acids is 1. The van der Waals surface area contributed by atoms with Crippen LogP contribution in [0.15, 0.2) is 0 Å². The molecule has 92 valence electrons. The maximum absolute atomic E-state index is 11.8. The largest absolute Gasteiger partial charge is 0.444 e. The van der Waals surface area contributed by atoms with Gasteiger partial charge in [0.05, 0.1) is 0 Å². The number of rotatable bonds is 1. The zero-order valence-corrected chi connectivity index (χ0v) is 10.5. The predicted octanol–water partition coefficient (Wildman–Crippen LogP) is 1.48. The van der Waals surface area contributed by atoms with E-state index >= 15 is 0 Å². The van der Waals surface area contributed by atoms with Gasteiger partial charge < -0.3 is 14.7 Å². The lowest BCUT2D eigenvalue weighted by Crippen LogP contribution is -2.38. The molecule has 0 unspecified atom stereocenters. The second-order valence-electron chi connectivity index (χ2n) is 6.26. The van der Waals surface area contributed by atoms with Crippen molar-refractivity contribution in [3.63, 3.8) is 0 Å². The molecule has 1 saturated heterocycles. The normalized spacial score (nSPS) is 37.2. The molecule has 1 amide bonds. The molecule has 0 spiro atoms. The number of aliphatic hydroxyl groups excluding tert-OH is 1. The Bertz CT molecular complexity index is 310. The predicted molar refractivity (Wildman–Crippen MR) is 60.0 cm³/mol. The van der Waals surface area contributed by atoms with Gasteiger partial charge in [0.1, 0.15) is 5.60 Å². The van der Waals surface area contributed by atoms with Gasteiger partial charge in [-0.25, -0.2) is 4.79 Å². The molecule has 16 heavy (non-hydrogen) atoms. The number of ether oxygens (including phenoxy) is 1. The molecule has 2 aliphatic rings. The fraction of sp³-hybridized carbons (Fsp3) is 0.917. The first-order valence-corrected chi connectivity index (χ1v) is 5.87. The number of amides is 1. The highest BCUT2D eigenvalue weighted by atomic mass is 16.6. The number of fused-ring (bicyclic) bond motifs is 1. The topological polar surface area (TPSA) is 49.8 Å². The molecule has 0 aromatic rings. The van der Waals surface area contributed by atoms with Gasteiger partial charge in [0.15, 0.2) is 0 Å². The van der Waals surface area contributed by atoms with E-state index in [-0.39, 0.29) is 18.1 Å². The molecule has 2 fully saturated rings. The molecule has 1 aliphatic carbocycles. The van der Waals surface area contributed by atoms with Crippen LogP contribution in [0.1, 0.15) is 27.7 Å². The summed E-state index contributed by atoms with van der Waals surface area (Å²) in [6, 6.07) is 0. The van der Waals surface area contributed by atoms with E-state index in [4.69, 9.17) is 9.84 Å². The average molecular weight is 227 g/mol. The summed E-state index contributed by atoms with van der Waals surface area (Å²) in [5.41, 5.74) is -0.299. The summed E-state index contributed by atoms with van der Waals surface area (Å²) < 4.78 is 5.33. The summed E-state index contributed by atoms with van der Waals surface area (Å²) in [5.74, 6) is 0.844. The summed E-state index contributed by atoms with van der Waals surface area (Å²) in [7, 11) is 0. The molecular weight excluding hydrogens is 206 g/mol. The van der Waals surface area contributed by atoms with Crippen molar-refractivity contribution in [1.29, 1.82) is 0 Å². The highest BCUT2D eigenvalue weighted by Crippen LogP contribution is 2.62. The minimum absolute atomic E-state index is 0.131. The van der Waals surface area contributed by atoms with Gasteiger partial charge in [-0.05, 0) is 38.0 Å². The van der Waals surface area contributed by atoms with Gasteiger partial charge in [-0.3, -0.25) is 0 Å². The first kappa shape index (κ1) is 11.7. The average Bonchev–Trinajstić information content (AvgIpc) is 2.47. The SMILES string of the molecule is CC(C)(C)OC(=O)N1C[C@@H]2[C@H](CO)[C@]2(C)C1. The summed E-state index contributed by atoms with van der Waals surface area (Å²) in [4.78, 5) is 13.6. The molecule has 1 N–H and O–H groups in total. The van der Waals surface area contributed by atoms with Crippen LogP contribution in [0.2, 0.25) is 0 Å². The Morgan fingerprint density at radius 3 is 2.56 bits per heavy atom. The molecule has 0 bridgehead atoms. The Hall–Kier alpha value is -0.770. The van der Waals surface area contributed by atoms with Crippen molar-refractivity contribution in [3.05, 3.63) is 0 Å². The Morgan fingerprint density at radius 1 is 1.56 bits per heavy atom. The maximum Gasteiger partial charge on any atom is 0.410 e.